The molecule has 0 heterocycles. The van der Waals surface area contributed by atoms with Gasteiger partial charge in [-0.1, -0.05) is 63.6 Å². The van der Waals surface area contributed by atoms with Crippen LogP contribution in [0, 0.1) is 12.3 Å². The number of hydrogen-bond donors (Lipinski definition) is 0. The van der Waals surface area contributed by atoms with Crippen molar-refractivity contribution in [3.05, 3.63) is 58.2 Å². The van der Waals surface area contributed by atoms with Crippen molar-refractivity contribution in [2.24, 2.45) is 5.41 Å². The van der Waals surface area contributed by atoms with Crippen LogP contribution in [-0.4, -0.2) is 0 Å². The third kappa shape index (κ3) is 1.64. The molecule has 3 aliphatic rings. The second kappa shape index (κ2) is 4.16. The molecule has 0 saturated heterocycles. The van der Waals surface area contributed by atoms with Gasteiger partial charge < -0.3 is 0 Å². The Kier molecular flexibility index (Phi) is 2.70. The molecule has 0 heteroatoms. The molecule has 22 heavy (non-hydrogen) atoms. The minimum Gasteiger partial charge on any atom is -0.0839 e. The van der Waals surface area contributed by atoms with Crippen LogP contribution in [0.25, 0.3) is 0 Å². The lowest BCUT2D eigenvalue weighted by molar-refractivity contribution is 0.315. The highest BCUT2D eigenvalue weighted by atomic mass is 14.6. The van der Waals surface area contributed by atoms with Gasteiger partial charge >= 0.3 is 0 Å². The van der Waals surface area contributed by atoms with E-state index in [0.717, 1.165) is 0 Å². The molecule has 1 unspecified atom stereocenters. The fourth-order valence-electron chi connectivity index (χ4n) is 6.07. The van der Waals surface area contributed by atoms with Crippen LogP contribution in [-0.2, 0) is 10.8 Å². The third-order valence-corrected chi connectivity index (χ3v) is 6.46. The Hall–Kier alpha value is -1.30. The number of hydrogen-bond acceptors (Lipinski definition) is 0. The first-order valence-corrected chi connectivity index (χ1v) is 8.79. The van der Waals surface area contributed by atoms with Crippen LogP contribution < -0.4 is 0 Å². The van der Waals surface area contributed by atoms with Gasteiger partial charge in [-0.2, -0.15) is 0 Å². The first kappa shape index (κ1) is 14.3. The Morgan fingerprint density at radius 1 is 0.955 bits per heavy atom. The van der Waals surface area contributed by atoms with Crippen molar-refractivity contribution in [3.63, 3.8) is 0 Å². The van der Waals surface area contributed by atoms with Gasteiger partial charge in [0.05, 0.1) is 0 Å². The van der Waals surface area contributed by atoms with E-state index >= 15 is 0 Å². The van der Waals surface area contributed by atoms with E-state index < -0.39 is 0 Å². The molecule has 0 radical (unpaired) electrons. The average Bonchev–Trinajstić information content (AvgIpc) is 2.81. The number of fused-ring (bicyclic) bond motifs is 3. The van der Waals surface area contributed by atoms with E-state index in [4.69, 9.17) is 0 Å². The first-order chi connectivity index (χ1) is 10.3. The van der Waals surface area contributed by atoms with E-state index in [1.165, 1.54) is 31.2 Å². The Morgan fingerprint density at radius 2 is 1.68 bits per heavy atom. The summed E-state index contributed by atoms with van der Waals surface area (Å²) in [6.45, 7) is 12.1. The monoisotopic (exact) mass is 292 g/mol. The molecular weight excluding hydrogens is 264 g/mol. The van der Waals surface area contributed by atoms with Crippen molar-refractivity contribution in [2.45, 2.75) is 71.1 Å². The maximum Gasteiger partial charge on any atom is 0.0222 e. The molecule has 4 rings (SSSR count). The molecule has 3 aliphatic carbocycles. The average molecular weight is 292 g/mol. The van der Waals surface area contributed by atoms with E-state index in [0.29, 0.717) is 5.41 Å². The lowest BCUT2D eigenvalue weighted by Gasteiger charge is -2.32. The van der Waals surface area contributed by atoms with Crippen molar-refractivity contribution in [1.29, 1.82) is 0 Å². The lowest BCUT2D eigenvalue weighted by Crippen LogP contribution is -2.27. The van der Waals surface area contributed by atoms with Gasteiger partial charge in [-0.3, -0.25) is 0 Å². The molecule has 0 amide bonds. The van der Waals surface area contributed by atoms with Crippen LogP contribution >= 0.6 is 0 Å². The van der Waals surface area contributed by atoms with Gasteiger partial charge in [0.2, 0.25) is 0 Å². The summed E-state index contributed by atoms with van der Waals surface area (Å²) in [6, 6.07) is 6.99. The zero-order valence-corrected chi connectivity index (χ0v) is 14.7. The second-order valence-corrected chi connectivity index (χ2v) is 9.03. The Balaban J connectivity index is 2.01. The van der Waals surface area contributed by atoms with Crippen LogP contribution in [0.1, 0.15) is 70.1 Å². The minimum absolute atomic E-state index is 0.264. The van der Waals surface area contributed by atoms with E-state index in [2.05, 4.69) is 65.0 Å². The van der Waals surface area contributed by atoms with Crippen molar-refractivity contribution in [3.8, 4) is 0 Å². The number of aryl methyl sites for hydroxylation is 1. The summed E-state index contributed by atoms with van der Waals surface area (Å²) in [5, 5.41) is 0. The summed E-state index contributed by atoms with van der Waals surface area (Å²) in [5.74, 6) is 0. The molecule has 116 valence electrons. The fourth-order valence-corrected chi connectivity index (χ4v) is 6.07. The summed E-state index contributed by atoms with van der Waals surface area (Å²) in [5.41, 5.74) is 9.03. The van der Waals surface area contributed by atoms with Gasteiger partial charge in [0.25, 0.3) is 0 Å². The predicted molar refractivity (Wildman–Crippen MR) is 94.3 cm³/mol. The van der Waals surface area contributed by atoms with E-state index in [9.17, 15) is 0 Å². The largest absolute Gasteiger partial charge is 0.0839 e. The maximum absolute atomic E-state index is 2.47. The first-order valence-electron chi connectivity index (χ1n) is 8.79. The van der Waals surface area contributed by atoms with Gasteiger partial charge in [-0.15, -0.1) is 0 Å². The van der Waals surface area contributed by atoms with Crippen LogP contribution in [0.5, 0.6) is 0 Å². The minimum atomic E-state index is 0.264. The highest BCUT2D eigenvalue weighted by Crippen LogP contribution is 2.65. The topological polar surface area (TPSA) is 0 Å². The van der Waals surface area contributed by atoms with Gasteiger partial charge in [0, 0.05) is 5.41 Å². The molecule has 0 aromatic heterocycles. The summed E-state index contributed by atoms with van der Waals surface area (Å²) in [6.07, 6.45) is 9.93. The normalized spacial score (nSPS) is 30.8. The molecule has 1 aromatic carbocycles. The molecule has 0 fully saturated rings. The molecule has 1 aromatic rings. The summed E-state index contributed by atoms with van der Waals surface area (Å²) >= 11 is 0. The Morgan fingerprint density at radius 3 is 2.45 bits per heavy atom. The zero-order chi connectivity index (χ0) is 15.8. The lowest BCUT2D eigenvalue weighted by atomic mass is 9.71. The second-order valence-electron chi connectivity index (χ2n) is 9.03. The van der Waals surface area contributed by atoms with E-state index in [1.807, 2.05) is 0 Å². The molecule has 0 nitrogen and oxygen atoms in total. The van der Waals surface area contributed by atoms with Crippen LogP contribution in [0.4, 0.5) is 0 Å². The summed E-state index contributed by atoms with van der Waals surface area (Å²) < 4.78 is 0. The van der Waals surface area contributed by atoms with Gasteiger partial charge in [0.1, 0.15) is 0 Å². The predicted octanol–water partition coefficient (Wildman–Crippen LogP) is 5.99. The number of rotatable bonds is 0. The molecule has 1 atom stereocenters. The molecular formula is C22H28. The summed E-state index contributed by atoms with van der Waals surface area (Å²) in [7, 11) is 0. The highest BCUT2D eigenvalue weighted by molar-refractivity contribution is 5.61. The SMILES string of the molecule is Cc1cccc2c1C(C)(C)CC21CC(C)(C)C2=C1C=CCC2. The molecule has 0 N–H and O–H groups in total. The van der Waals surface area contributed by atoms with Gasteiger partial charge in [0.15, 0.2) is 0 Å². The highest BCUT2D eigenvalue weighted by Gasteiger charge is 2.56. The van der Waals surface area contributed by atoms with Crippen molar-refractivity contribution < 1.29 is 0 Å². The molecule has 0 bridgehead atoms. The number of allylic oxidation sites excluding steroid dienone is 4. The van der Waals surface area contributed by atoms with Crippen LogP contribution in [0.15, 0.2) is 41.5 Å². The quantitative estimate of drug-likeness (QED) is 0.551. The third-order valence-electron chi connectivity index (χ3n) is 6.46. The number of benzene rings is 1. The standard InChI is InChI=1S/C22H28/c1-15-9-8-12-18-19(15)21(4,5)14-22(18)13-20(2,3)16-10-6-7-11-17(16)22/h7-9,11-12H,6,10,13-14H2,1-5H3. The van der Waals surface area contributed by atoms with Gasteiger partial charge in [-0.05, 0) is 65.7 Å². The Bertz CT molecular complexity index is 712. The maximum atomic E-state index is 2.47. The van der Waals surface area contributed by atoms with Crippen molar-refractivity contribution in [2.75, 3.05) is 0 Å². The van der Waals surface area contributed by atoms with E-state index in [-0.39, 0.29) is 10.8 Å². The van der Waals surface area contributed by atoms with Crippen molar-refractivity contribution in [1.82, 2.24) is 0 Å². The van der Waals surface area contributed by atoms with Crippen LogP contribution in [0.3, 0.4) is 0 Å². The smallest absolute Gasteiger partial charge is 0.0222 e. The van der Waals surface area contributed by atoms with Crippen molar-refractivity contribution >= 4 is 0 Å². The van der Waals surface area contributed by atoms with E-state index in [1.54, 1.807) is 22.3 Å². The molecule has 0 saturated carbocycles. The fraction of sp³-hybridized carbons (Fsp3) is 0.545. The summed E-state index contributed by atoms with van der Waals surface area (Å²) in [4.78, 5) is 0. The van der Waals surface area contributed by atoms with Gasteiger partial charge in [-0.25, -0.2) is 0 Å². The molecule has 1 spiro atoms. The Labute approximate surface area is 135 Å². The van der Waals surface area contributed by atoms with Crippen LogP contribution in [0.2, 0.25) is 0 Å². The molecule has 0 aliphatic heterocycles. The zero-order valence-electron chi connectivity index (χ0n) is 14.7.